The molecular weight excluding hydrogens is 178 g/mol. The Morgan fingerprint density at radius 1 is 1.29 bits per heavy atom. The van der Waals surface area contributed by atoms with E-state index in [2.05, 4.69) is 21.9 Å². The van der Waals surface area contributed by atoms with Crippen molar-refractivity contribution in [2.45, 2.75) is 6.92 Å². The lowest BCUT2D eigenvalue weighted by molar-refractivity contribution is 0.123. The van der Waals surface area contributed by atoms with Gasteiger partial charge in [-0.2, -0.15) is 0 Å². The molecule has 0 radical (unpaired) electrons. The lowest BCUT2D eigenvalue weighted by Gasteiger charge is -2.48. The van der Waals surface area contributed by atoms with E-state index in [1.807, 2.05) is 0 Å². The van der Waals surface area contributed by atoms with Gasteiger partial charge in [-0.3, -0.25) is 0 Å². The summed E-state index contributed by atoms with van der Waals surface area (Å²) in [6, 6.07) is 0. The minimum absolute atomic E-state index is 0.104. The van der Waals surface area contributed by atoms with Crippen LogP contribution in [0.3, 0.4) is 0 Å². The number of rotatable bonds is 0. The Morgan fingerprint density at radius 3 is 2.29 bits per heavy atom. The molecule has 0 aromatic carbocycles. The van der Waals surface area contributed by atoms with Gasteiger partial charge < -0.3 is 15.0 Å². The molecule has 78 valence electrons. The summed E-state index contributed by atoms with van der Waals surface area (Å²) in [6.07, 6.45) is 0. The van der Waals surface area contributed by atoms with Crippen LogP contribution in [0.15, 0.2) is 5.16 Å². The Morgan fingerprint density at radius 2 is 1.86 bits per heavy atom. The van der Waals surface area contributed by atoms with Gasteiger partial charge in [-0.15, -0.1) is 0 Å². The van der Waals surface area contributed by atoms with Crippen molar-refractivity contribution in [2.75, 3.05) is 39.3 Å². The minimum Gasteiger partial charge on any atom is -0.411 e. The van der Waals surface area contributed by atoms with E-state index in [-0.39, 0.29) is 5.41 Å². The largest absolute Gasteiger partial charge is 0.411 e. The lowest BCUT2D eigenvalue weighted by Crippen LogP contribution is -2.60. The van der Waals surface area contributed by atoms with Crippen LogP contribution in [0, 0.1) is 11.3 Å². The molecule has 4 aliphatic heterocycles. The summed E-state index contributed by atoms with van der Waals surface area (Å²) in [7, 11) is 0. The van der Waals surface area contributed by atoms with Gasteiger partial charge in [-0.25, -0.2) is 0 Å². The third-order valence-corrected chi connectivity index (χ3v) is 3.95. The van der Waals surface area contributed by atoms with E-state index in [4.69, 9.17) is 5.21 Å². The molecule has 4 heteroatoms. The van der Waals surface area contributed by atoms with E-state index in [0.29, 0.717) is 5.92 Å². The molecule has 0 aromatic rings. The first-order chi connectivity index (χ1) is 6.71. The van der Waals surface area contributed by atoms with Gasteiger partial charge in [0.15, 0.2) is 0 Å². The average Bonchev–Trinajstić information content (AvgIpc) is 2.32. The van der Waals surface area contributed by atoms with Crippen molar-refractivity contribution >= 4 is 5.71 Å². The topological polar surface area (TPSA) is 39.1 Å². The predicted molar refractivity (Wildman–Crippen MR) is 53.7 cm³/mol. The predicted octanol–water partition coefficient (Wildman–Crippen LogP) is 0.0839. The van der Waals surface area contributed by atoms with Crippen LogP contribution < -0.4 is 0 Å². The van der Waals surface area contributed by atoms with Crippen molar-refractivity contribution < 1.29 is 5.21 Å². The molecule has 4 rings (SSSR count). The summed E-state index contributed by atoms with van der Waals surface area (Å²) in [6.45, 7) is 8.92. The fraction of sp³-hybridized carbons (Fsp3) is 0.900. The van der Waals surface area contributed by atoms with E-state index in [9.17, 15) is 0 Å². The molecule has 0 amide bonds. The molecular formula is C10H17N3O. The molecule has 2 atom stereocenters. The van der Waals surface area contributed by atoms with Crippen LogP contribution >= 0.6 is 0 Å². The monoisotopic (exact) mass is 195 g/mol. The number of fused-ring (bicyclic) bond motifs is 1. The zero-order valence-electron chi connectivity index (χ0n) is 8.61. The molecule has 0 saturated carbocycles. The Bertz CT molecular complexity index is 273. The third-order valence-electron chi connectivity index (χ3n) is 3.95. The van der Waals surface area contributed by atoms with Gasteiger partial charge >= 0.3 is 0 Å². The summed E-state index contributed by atoms with van der Waals surface area (Å²) >= 11 is 0. The Labute approximate surface area is 84.2 Å². The minimum atomic E-state index is 0.104. The van der Waals surface area contributed by atoms with Gasteiger partial charge in [0.2, 0.25) is 0 Å². The van der Waals surface area contributed by atoms with Gasteiger partial charge in [0, 0.05) is 50.6 Å². The Hall–Kier alpha value is -0.610. The smallest absolute Gasteiger partial charge is 0.0711 e. The Balaban J connectivity index is 2.03. The van der Waals surface area contributed by atoms with Gasteiger partial charge in [0.1, 0.15) is 0 Å². The highest BCUT2D eigenvalue weighted by Crippen LogP contribution is 2.37. The van der Waals surface area contributed by atoms with Crippen LogP contribution in [0.4, 0.5) is 0 Å². The third kappa shape index (κ3) is 1.04. The molecule has 0 aliphatic carbocycles. The molecule has 4 aliphatic rings. The van der Waals surface area contributed by atoms with Crippen molar-refractivity contribution in [3.8, 4) is 0 Å². The molecule has 14 heavy (non-hydrogen) atoms. The van der Waals surface area contributed by atoms with Crippen molar-refractivity contribution in [2.24, 2.45) is 16.5 Å². The summed E-state index contributed by atoms with van der Waals surface area (Å²) < 4.78 is 0. The van der Waals surface area contributed by atoms with Crippen LogP contribution in [0.1, 0.15) is 6.92 Å². The fourth-order valence-electron chi connectivity index (χ4n) is 3.50. The molecule has 2 unspecified atom stereocenters. The van der Waals surface area contributed by atoms with E-state index in [1.165, 1.54) is 13.1 Å². The van der Waals surface area contributed by atoms with E-state index in [1.54, 1.807) is 0 Å². The van der Waals surface area contributed by atoms with Crippen LogP contribution in [0.2, 0.25) is 0 Å². The fourth-order valence-corrected chi connectivity index (χ4v) is 3.50. The normalized spacial score (nSPS) is 53.8. The number of nitrogens with zero attached hydrogens (tertiary/aromatic N) is 3. The van der Waals surface area contributed by atoms with Gasteiger partial charge in [-0.1, -0.05) is 12.1 Å². The summed E-state index contributed by atoms with van der Waals surface area (Å²) in [5, 5.41) is 12.7. The summed E-state index contributed by atoms with van der Waals surface area (Å²) in [5.74, 6) is 0.468. The molecule has 4 saturated heterocycles. The first-order valence-corrected chi connectivity index (χ1v) is 5.38. The first kappa shape index (κ1) is 8.68. The van der Waals surface area contributed by atoms with Crippen molar-refractivity contribution in [3.63, 3.8) is 0 Å². The SMILES string of the molecule is CC12CN3CCN(CC(C3)C1=NO)C2. The zero-order valence-corrected chi connectivity index (χ0v) is 8.61. The highest BCUT2D eigenvalue weighted by molar-refractivity contribution is 5.94. The summed E-state index contributed by atoms with van der Waals surface area (Å²) in [5.41, 5.74) is 1.15. The number of hydrogen-bond donors (Lipinski definition) is 1. The average molecular weight is 195 g/mol. The van der Waals surface area contributed by atoms with Gasteiger partial charge in [0.25, 0.3) is 0 Å². The van der Waals surface area contributed by atoms with Gasteiger partial charge in [-0.05, 0) is 0 Å². The standard InChI is InChI=1S/C10H17N3O/c1-10-6-12-2-3-13(7-10)5-8(4-12)9(10)11-14/h8,14H,2-7H2,1H3. The number of piperidine rings is 2. The molecule has 4 nitrogen and oxygen atoms in total. The Kier molecular flexibility index (Phi) is 1.67. The maximum absolute atomic E-state index is 9.11. The second-order valence-corrected chi connectivity index (χ2v) is 5.21. The van der Waals surface area contributed by atoms with Crippen LogP contribution in [0.25, 0.3) is 0 Å². The lowest BCUT2D eigenvalue weighted by atomic mass is 9.72. The maximum atomic E-state index is 9.11. The molecule has 4 heterocycles. The van der Waals surface area contributed by atoms with E-state index < -0.39 is 0 Å². The molecule has 4 fully saturated rings. The second-order valence-electron chi connectivity index (χ2n) is 5.21. The highest BCUT2D eigenvalue weighted by Gasteiger charge is 2.49. The van der Waals surface area contributed by atoms with Crippen molar-refractivity contribution in [1.29, 1.82) is 0 Å². The van der Waals surface area contributed by atoms with Crippen LogP contribution in [0.5, 0.6) is 0 Å². The van der Waals surface area contributed by atoms with E-state index >= 15 is 0 Å². The van der Waals surface area contributed by atoms with Gasteiger partial charge in [0.05, 0.1) is 5.71 Å². The number of hydrogen-bond acceptors (Lipinski definition) is 4. The maximum Gasteiger partial charge on any atom is 0.0711 e. The van der Waals surface area contributed by atoms with E-state index in [0.717, 1.165) is 31.9 Å². The highest BCUT2D eigenvalue weighted by atomic mass is 16.4. The van der Waals surface area contributed by atoms with Crippen molar-refractivity contribution in [1.82, 2.24) is 9.80 Å². The first-order valence-electron chi connectivity index (χ1n) is 5.38. The van der Waals surface area contributed by atoms with Crippen LogP contribution in [-0.4, -0.2) is 60.0 Å². The molecule has 0 aromatic heterocycles. The molecule has 4 bridgehead atoms. The molecule has 0 spiro atoms. The summed E-state index contributed by atoms with van der Waals surface area (Å²) in [4.78, 5) is 5.04. The molecule has 1 N–H and O–H groups in total. The number of oxime groups is 1. The van der Waals surface area contributed by atoms with Crippen molar-refractivity contribution in [3.05, 3.63) is 0 Å². The zero-order chi connectivity index (χ0) is 9.76. The van der Waals surface area contributed by atoms with Crippen LogP contribution in [-0.2, 0) is 0 Å². The quantitative estimate of drug-likeness (QED) is 0.439. The second kappa shape index (κ2) is 2.70.